The van der Waals surface area contributed by atoms with E-state index < -0.39 is 0 Å². The number of nitrogens with one attached hydrogen (secondary N) is 1. The van der Waals surface area contributed by atoms with Crippen molar-refractivity contribution in [1.82, 2.24) is 5.32 Å². The molecule has 0 aliphatic heterocycles. The Morgan fingerprint density at radius 1 is 0.762 bits per heavy atom. The van der Waals surface area contributed by atoms with Crippen LogP contribution in [0.4, 0.5) is 0 Å². The minimum Gasteiger partial charge on any atom is -0.312 e. The summed E-state index contributed by atoms with van der Waals surface area (Å²) in [4.78, 5) is 11.7. The van der Waals surface area contributed by atoms with Gasteiger partial charge in [0.25, 0.3) is 0 Å². The summed E-state index contributed by atoms with van der Waals surface area (Å²) in [5.74, 6) is 0.423. The Morgan fingerprint density at radius 2 is 1.24 bits per heavy atom. The average Bonchev–Trinajstić information content (AvgIpc) is 2.39. The predicted molar refractivity (Wildman–Crippen MR) is 93.8 cm³/mol. The molecule has 0 amide bonds. The zero-order valence-electron chi connectivity index (χ0n) is 15.1. The lowest BCUT2D eigenvalue weighted by molar-refractivity contribution is -0.119. The molecule has 0 bridgehead atoms. The molecule has 0 saturated carbocycles. The van der Waals surface area contributed by atoms with Crippen LogP contribution in [0.3, 0.4) is 0 Å². The number of rotatable bonds is 14. The summed E-state index contributed by atoms with van der Waals surface area (Å²) in [7, 11) is 0. The molecule has 0 aromatic rings. The topological polar surface area (TPSA) is 29.1 Å². The Bertz CT molecular complexity index is 242. The van der Waals surface area contributed by atoms with Gasteiger partial charge in [-0.25, -0.2) is 0 Å². The zero-order chi connectivity index (χ0) is 16.0. The number of unbranched alkanes of at least 4 members (excludes halogenated alkanes) is 9. The number of carbonyl (C=O) groups is 1. The van der Waals surface area contributed by atoms with Crippen LogP contribution in [0.1, 0.15) is 105 Å². The van der Waals surface area contributed by atoms with E-state index in [9.17, 15) is 4.79 Å². The van der Waals surface area contributed by atoms with E-state index in [4.69, 9.17) is 0 Å². The minimum atomic E-state index is 0.122. The quantitative estimate of drug-likeness (QED) is 0.420. The van der Waals surface area contributed by atoms with Gasteiger partial charge >= 0.3 is 0 Å². The van der Waals surface area contributed by atoms with Crippen molar-refractivity contribution >= 4 is 5.78 Å². The van der Waals surface area contributed by atoms with Crippen molar-refractivity contribution < 1.29 is 4.79 Å². The molecule has 0 rings (SSSR count). The summed E-state index contributed by atoms with van der Waals surface area (Å²) in [5, 5.41) is 3.37. The van der Waals surface area contributed by atoms with E-state index in [1.54, 1.807) is 0 Å². The van der Waals surface area contributed by atoms with E-state index in [1.807, 2.05) is 0 Å². The van der Waals surface area contributed by atoms with E-state index in [2.05, 4.69) is 33.0 Å². The van der Waals surface area contributed by atoms with Crippen molar-refractivity contribution in [2.75, 3.05) is 6.54 Å². The van der Waals surface area contributed by atoms with Crippen LogP contribution in [0.2, 0.25) is 0 Å². The van der Waals surface area contributed by atoms with Gasteiger partial charge in [0, 0.05) is 24.9 Å². The highest BCUT2D eigenvalue weighted by atomic mass is 16.1. The van der Waals surface area contributed by atoms with Gasteiger partial charge in [-0.3, -0.25) is 4.79 Å². The molecular formula is C19H39NO. The number of ketones is 1. The van der Waals surface area contributed by atoms with Crippen LogP contribution in [-0.4, -0.2) is 17.9 Å². The first-order chi connectivity index (χ1) is 9.95. The maximum Gasteiger partial charge on any atom is 0.134 e. The first kappa shape index (κ1) is 20.6. The number of carbonyl (C=O) groups excluding carboxylic acids is 1. The third-order valence-electron chi connectivity index (χ3n) is 3.87. The monoisotopic (exact) mass is 297 g/mol. The summed E-state index contributed by atoms with van der Waals surface area (Å²) >= 11 is 0. The second-order valence-corrected chi connectivity index (χ2v) is 7.40. The molecule has 2 nitrogen and oxygen atoms in total. The largest absolute Gasteiger partial charge is 0.312 e. The highest BCUT2D eigenvalue weighted by Crippen LogP contribution is 2.11. The summed E-state index contributed by atoms with van der Waals surface area (Å²) in [5.41, 5.74) is 0.122. The third kappa shape index (κ3) is 17.6. The summed E-state index contributed by atoms with van der Waals surface area (Å²) in [6.45, 7) is 9.50. The molecule has 126 valence electrons. The number of hydrogen-bond donors (Lipinski definition) is 1. The Morgan fingerprint density at radius 3 is 1.71 bits per heavy atom. The first-order valence-corrected chi connectivity index (χ1v) is 9.22. The fraction of sp³-hybridized carbons (Fsp3) is 0.947. The maximum absolute atomic E-state index is 11.7. The van der Waals surface area contributed by atoms with E-state index in [1.165, 1.54) is 57.8 Å². The number of Topliss-reactive ketones (excluding diaryl/α,β-unsaturated/α-hetero) is 1. The Hall–Kier alpha value is -0.370. The molecule has 0 aromatic heterocycles. The molecule has 0 radical (unpaired) electrons. The summed E-state index contributed by atoms with van der Waals surface area (Å²) in [6, 6.07) is 0. The lowest BCUT2D eigenvalue weighted by atomic mass is 10.0. The molecule has 0 aromatic carbocycles. The fourth-order valence-electron chi connectivity index (χ4n) is 2.51. The zero-order valence-corrected chi connectivity index (χ0v) is 15.1. The van der Waals surface area contributed by atoms with Crippen molar-refractivity contribution in [3.8, 4) is 0 Å². The molecule has 21 heavy (non-hydrogen) atoms. The molecular weight excluding hydrogens is 258 g/mol. The summed E-state index contributed by atoms with van der Waals surface area (Å²) in [6.07, 6.45) is 14.8. The molecule has 0 fully saturated rings. The second-order valence-electron chi connectivity index (χ2n) is 7.40. The van der Waals surface area contributed by atoms with Gasteiger partial charge in [0.1, 0.15) is 5.78 Å². The lowest BCUT2D eigenvalue weighted by Crippen LogP contribution is -2.37. The molecule has 0 unspecified atom stereocenters. The van der Waals surface area contributed by atoms with E-state index >= 15 is 0 Å². The van der Waals surface area contributed by atoms with Crippen LogP contribution in [0.25, 0.3) is 0 Å². The second kappa shape index (κ2) is 13.3. The molecule has 0 atom stereocenters. The molecule has 0 saturated heterocycles. The van der Waals surface area contributed by atoms with Gasteiger partial charge in [0.15, 0.2) is 0 Å². The average molecular weight is 298 g/mol. The third-order valence-corrected chi connectivity index (χ3v) is 3.87. The highest BCUT2D eigenvalue weighted by Gasteiger charge is 2.09. The van der Waals surface area contributed by atoms with Crippen LogP contribution in [0.15, 0.2) is 0 Å². The van der Waals surface area contributed by atoms with Crippen molar-refractivity contribution in [1.29, 1.82) is 0 Å². The molecule has 0 heterocycles. The van der Waals surface area contributed by atoms with E-state index in [0.717, 1.165) is 19.4 Å². The first-order valence-electron chi connectivity index (χ1n) is 9.22. The maximum atomic E-state index is 11.7. The highest BCUT2D eigenvalue weighted by molar-refractivity contribution is 5.78. The lowest BCUT2D eigenvalue weighted by Gasteiger charge is -2.20. The molecule has 1 N–H and O–H groups in total. The van der Waals surface area contributed by atoms with E-state index in [-0.39, 0.29) is 5.54 Å². The van der Waals surface area contributed by atoms with Crippen molar-refractivity contribution in [2.45, 2.75) is 110 Å². The van der Waals surface area contributed by atoms with Crippen LogP contribution >= 0.6 is 0 Å². The predicted octanol–water partition coefficient (Wildman–Crippen LogP) is 5.64. The van der Waals surface area contributed by atoms with Crippen molar-refractivity contribution in [3.63, 3.8) is 0 Å². The van der Waals surface area contributed by atoms with Gasteiger partial charge in [-0.05, 0) is 27.2 Å². The van der Waals surface area contributed by atoms with Crippen molar-refractivity contribution in [3.05, 3.63) is 0 Å². The Labute approximate surface area is 133 Å². The smallest absolute Gasteiger partial charge is 0.134 e. The van der Waals surface area contributed by atoms with Crippen LogP contribution in [0, 0.1) is 0 Å². The molecule has 0 aliphatic rings. The van der Waals surface area contributed by atoms with E-state index in [0.29, 0.717) is 12.2 Å². The van der Waals surface area contributed by atoms with Gasteiger partial charge in [0.2, 0.25) is 0 Å². The van der Waals surface area contributed by atoms with Crippen LogP contribution in [0.5, 0.6) is 0 Å². The van der Waals surface area contributed by atoms with Crippen molar-refractivity contribution in [2.24, 2.45) is 0 Å². The van der Waals surface area contributed by atoms with Gasteiger partial charge in [0.05, 0.1) is 0 Å². The molecule has 0 aliphatic carbocycles. The normalized spacial score (nSPS) is 11.8. The Kier molecular flexibility index (Phi) is 13.1. The molecule has 2 heteroatoms. The fourth-order valence-corrected chi connectivity index (χ4v) is 2.51. The molecule has 0 spiro atoms. The SMILES string of the molecule is CCCCCCCCCCCCC(=O)CCNC(C)(C)C. The number of hydrogen-bond acceptors (Lipinski definition) is 2. The van der Waals surface area contributed by atoms with Gasteiger partial charge in [-0.1, -0.05) is 64.7 Å². The minimum absolute atomic E-state index is 0.122. The van der Waals surface area contributed by atoms with Crippen LogP contribution < -0.4 is 5.32 Å². The summed E-state index contributed by atoms with van der Waals surface area (Å²) < 4.78 is 0. The Balaban J connectivity index is 3.22. The van der Waals surface area contributed by atoms with Gasteiger partial charge in [-0.2, -0.15) is 0 Å². The van der Waals surface area contributed by atoms with Crippen LogP contribution in [-0.2, 0) is 4.79 Å². The van der Waals surface area contributed by atoms with Gasteiger partial charge < -0.3 is 5.32 Å². The van der Waals surface area contributed by atoms with Gasteiger partial charge in [-0.15, -0.1) is 0 Å². The standard InChI is InChI=1S/C19H39NO/c1-5-6-7-8-9-10-11-12-13-14-15-18(21)16-17-20-19(2,3)4/h20H,5-17H2,1-4H3.